The molecule has 0 bridgehead atoms. The minimum Gasteiger partial charge on any atom is -0.396 e. The number of nitrogen functional groups attached to an aromatic ring is 1. The molecule has 3 nitrogen and oxygen atoms in total. The summed E-state index contributed by atoms with van der Waals surface area (Å²) in [5, 5.41) is 4.51. The van der Waals surface area contributed by atoms with Crippen LogP contribution in [0.2, 0.25) is 0 Å². The Bertz CT molecular complexity index is 475. The van der Waals surface area contributed by atoms with Gasteiger partial charge in [0.25, 0.3) is 0 Å². The number of halogens is 1. The summed E-state index contributed by atoms with van der Waals surface area (Å²) in [4.78, 5) is 1.11. The lowest BCUT2D eigenvalue weighted by Gasteiger charge is -1.97. The van der Waals surface area contributed by atoms with Crippen LogP contribution in [-0.2, 0) is 6.54 Å². The van der Waals surface area contributed by atoms with E-state index in [0.717, 1.165) is 33.0 Å². The number of anilines is 1. The van der Waals surface area contributed by atoms with Crippen molar-refractivity contribution < 1.29 is 0 Å². The number of rotatable bonds is 4. The molecule has 0 aliphatic rings. The fourth-order valence-corrected chi connectivity index (χ4v) is 2.90. The molecule has 0 aliphatic heterocycles. The van der Waals surface area contributed by atoms with Gasteiger partial charge in [-0.05, 0) is 34.5 Å². The maximum absolute atomic E-state index is 5.96. The molecule has 2 rings (SSSR count). The zero-order valence-electron chi connectivity index (χ0n) is 9.11. The second kappa shape index (κ2) is 5.01. The van der Waals surface area contributed by atoms with E-state index in [1.54, 1.807) is 11.3 Å². The minimum atomic E-state index is 0.755. The van der Waals surface area contributed by atoms with Gasteiger partial charge < -0.3 is 5.73 Å². The van der Waals surface area contributed by atoms with Crippen LogP contribution in [0.15, 0.2) is 22.1 Å². The second-order valence-electron chi connectivity index (χ2n) is 3.65. The Morgan fingerprint density at radius 2 is 2.31 bits per heavy atom. The van der Waals surface area contributed by atoms with Crippen molar-refractivity contribution in [1.29, 1.82) is 0 Å². The second-order valence-corrected chi connectivity index (χ2v) is 6.12. The average molecular weight is 300 g/mol. The van der Waals surface area contributed by atoms with Crippen molar-refractivity contribution in [3.05, 3.63) is 22.1 Å². The third-order valence-corrected chi connectivity index (χ3v) is 3.97. The Balaban J connectivity index is 2.24. The van der Waals surface area contributed by atoms with Crippen molar-refractivity contribution in [3.8, 4) is 10.6 Å². The average Bonchev–Trinajstić information content (AvgIpc) is 2.82. The lowest BCUT2D eigenvalue weighted by Crippen LogP contribution is -1.97. The lowest BCUT2D eigenvalue weighted by atomic mass is 10.3. The predicted molar refractivity (Wildman–Crippen MR) is 72.6 cm³/mol. The zero-order valence-corrected chi connectivity index (χ0v) is 11.5. The highest BCUT2D eigenvalue weighted by molar-refractivity contribution is 9.11. The topological polar surface area (TPSA) is 43.8 Å². The van der Waals surface area contributed by atoms with Crippen LogP contribution in [0.25, 0.3) is 10.6 Å². The number of hydrogen-bond acceptors (Lipinski definition) is 3. The number of aromatic nitrogens is 2. The fraction of sp³-hybridized carbons (Fsp3) is 0.364. The first kappa shape index (κ1) is 11.7. The van der Waals surface area contributed by atoms with Gasteiger partial charge in [-0.3, -0.25) is 4.68 Å². The zero-order chi connectivity index (χ0) is 11.5. The van der Waals surface area contributed by atoms with E-state index in [9.17, 15) is 0 Å². The summed E-state index contributed by atoms with van der Waals surface area (Å²) < 4.78 is 3.03. The molecule has 2 heterocycles. The van der Waals surface area contributed by atoms with Gasteiger partial charge in [-0.25, -0.2) is 0 Å². The molecule has 5 heteroatoms. The molecule has 16 heavy (non-hydrogen) atoms. The fourth-order valence-electron chi connectivity index (χ4n) is 1.50. The Morgan fingerprint density at radius 3 is 2.94 bits per heavy atom. The van der Waals surface area contributed by atoms with Crippen molar-refractivity contribution in [2.45, 2.75) is 26.3 Å². The predicted octanol–water partition coefficient (Wildman–Crippen LogP) is 3.76. The van der Waals surface area contributed by atoms with Crippen LogP contribution < -0.4 is 5.73 Å². The first-order valence-electron chi connectivity index (χ1n) is 5.29. The van der Waals surface area contributed by atoms with E-state index in [0.29, 0.717) is 0 Å². The van der Waals surface area contributed by atoms with E-state index in [1.165, 1.54) is 6.42 Å². The molecule has 0 atom stereocenters. The molecule has 2 aromatic heterocycles. The van der Waals surface area contributed by atoms with Crippen LogP contribution in [0.1, 0.15) is 19.8 Å². The maximum atomic E-state index is 5.96. The molecule has 0 aromatic carbocycles. The minimum absolute atomic E-state index is 0.755. The highest BCUT2D eigenvalue weighted by atomic mass is 79.9. The summed E-state index contributed by atoms with van der Waals surface area (Å²) in [7, 11) is 0. The number of nitrogens with two attached hydrogens (primary N) is 1. The van der Waals surface area contributed by atoms with Crippen LogP contribution in [-0.4, -0.2) is 9.78 Å². The van der Waals surface area contributed by atoms with E-state index >= 15 is 0 Å². The highest BCUT2D eigenvalue weighted by Crippen LogP contribution is 2.33. The quantitative estimate of drug-likeness (QED) is 0.934. The van der Waals surface area contributed by atoms with Gasteiger partial charge in [-0.15, -0.1) is 11.3 Å². The Labute approximate surface area is 107 Å². The van der Waals surface area contributed by atoms with Gasteiger partial charge in [0.05, 0.1) is 14.4 Å². The maximum Gasteiger partial charge on any atom is 0.125 e. The number of hydrogen-bond donors (Lipinski definition) is 1. The van der Waals surface area contributed by atoms with Gasteiger partial charge in [-0.2, -0.15) is 5.10 Å². The molecule has 0 aliphatic carbocycles. The van der Waals surface area contributed by atoms with Crippen molar-refractivity contribution in [3.63, 3.8) is 0 Å². The molecule has 0 radical (unpaired) electrons. The van der Waals surface area contributed by atoms with Crippen molar-refractivity contribution in [2.75, 3.05) is 5.73 Å². The number of thiophene rings is 1. The molecule has 2 aromatic rings. The molecule has 2 N–H and O–H groups in total. The number of aryl methyl sites for hydroxylation is 1. The standard InChI is InChI=1S/C11H14BrN3S/c1-2-3-6-15-7-8(13)11(14-15)9-4-5-10(12)16-9/h4-5,7H,2-3,6,13H2,1H3. The molecule has 0 unspecified atom stereocenters. The molecule has 0 saturated heterocycles. The van der Waals surface area contributed by atoms with Crippen LogP contribution in [0.4, 0.5) is 5.69 Å². The van der Waals surface area contributed by atoms with Gasteiger partial charge in [0, 0.05) is 12.7 Å². The van der Waals surface area contributed by atoms with Crippen molar-refractivity contribution >= 4 is 33.0 Å². The summed E-state index contributed by atoms with van der Waals surface area (Å²) in [6, 6.07) is 4.06. The van der Waals surface area contributed by atoms with Crippen LogP contribution >= 0.6 is 27.3 Å². The van der Waals surface area contributed by atoms with Crippen LogP contribution in [0, 0.1) is 0 Å². The largest absolute Gasteiger partial charge is 0.396 e. The van der Waals surface area contributed by atoms with E-state index in [2.05, 4.69) is 28.0 Å². The van der Waals surface area contributed by atoms with E-state index < -0.39 is 0 Å². The Kier molecular flexibility index (Phi) is 3.66. The van der Waals surface area contributed by atoms with Crippen molar-refractivity contribution in [1.82, 2.24) is 9.78 Å². The Hall–Kier alpha value is -0.810. The third kappa shape index (κ3) is 2.47. The highest BCUT2D eigenvalue weighted by Gasteiger charge is 2.10. The van der Waals surface area contributed by atoms with E-state index in [1.807, 2.05) is 23.0 Å². The molecular formula is C11H14BrN3S. The third-order valence-electron chi connectivity index (χ3n) is 2.34. The summed E-state index contributed by atoms with van der Waals surface area (Å²) in [6.07, 6.45) is 4.22. The molecular weight excluding hydrogens is 286 g/mol. The van der Waals surface area contributed by atoms with Gasteiger partial charge in [0.1, 0.15) is 5.69 Å². The van der Waals surface area contributed by atoms with E-state index in [4.69, 9.17) is 5.73 Å². The first-order chi connectivity index (χ1) is 7.70. The summed E-state index contributed by atoms with van der Waals surface area (Å²) in [5.74, 6) is 0. The van der Waals surface area contributed by atoms with Crippen LogP contribution in [0.5, 0.6) is 0 Å². The van der Waals surface area contributed by atoms with E-state index in [-0.39, 0.29) is 0 Å². The van der Waals surface area contributed by atoms with Crippen molar-refractivity contribution in [2.24, 2.45) is 0 Å². The molecule has 0 fully saturated rings. The molecule has 86 valence electrons. The van der Waals surface area contributed by atoms with Crippen LogP contribution in [0.3, 0.4) is 0 Å². The smallest absolute Gasteiger partial charge is 0.125 e. The SMILES string of the molecule is CCCCn1cc(N)c(-c2ccc(Br)s2)n1. The summed E-state index contributed by atoms with van der Waals surface area (Å²) >= 11 is 5.10. The number of unbranched alkanes of at least 4 members (excludes halogenated alkanes) is 1. The Morgan fingerprint density at radius 1 is 1.50 bits per heavy atom. The van der Waals surface area contributed by atoms with Gasteiger partial charge in [0.2, 0.25) is 0 Å². The molecule has 0 spiro atoms. The normalized spacial score (nSPS) is 10.9. The number of nitrogens with zero attached hydrogens (tertiary/aromatic N) is 2. The van der Waals surface area contributed by atoms with Gasteiger partial charge in [-0.1, -0.05) is 13.3 Å². The summed E-state index contributed by atoms with van der Waals surface area (Å²) in [5.41, 5.74) is 7.61. The summed E-state index contributed by atoms with van der Waals surface area (Å²) in [6.45, 7) is 3.11. The van der Waals surface area contributed by atoms with Gasteiger partial charge >= 0.3 is 0 Å². The first-order valence-corrected chi connectivity index (χ1v) is 6.90. The van der Waals surface area contributed by atoms with Gasteiger partial charge in [0.15, 0.2) is 0 Å². The lowest BCUT2D eigenvalue weighted by molar-refractivity contribution is 0.573. The monoisotopic (exact) mass is 299 g/mol. The molecule has 0 amide bonds. The molecule has 0 saturated carbocycles.